The zero-order valence-corrected chi connectivity index (χ0v) is 13.8. The molecule has 0 bridgehead atoms. The first kappa shape index (κ1) is 15.4. The van der Waals surface area contributed by atoms with Crippen molar-refractivity contribution >= 4 is 5.91 Å². The van der Waals surface area contributed by atoms with Crippen LogP contribution in [-0.2, 0) is 0 Å². The molecule has 4 rings (SSSR count). The fraction of sp³-hybridized carbons (Fsp3) is 0.278. The summed E-state index contributed by atoms with van der Waals surface area (Å²) in [5.74, 6) is 1.22. The zero-order valence-electron chi connectivity index (χ0n) is 13.8. The zero-order chi connectivity index (χ0) is 17.2. The van der Waals surface area contributed by atoms with Gasteiger partial charge in [0.15, 0.2) is 11.6 Å². The summed E-state index contributed by atoms with van der Waals surface area (Å²) in [5.41, 5.74) is 2.16. The lowest BCUT2D eigenvalue weighted by Crippen LogP contribution is -2.30. The fourth-order valence-corrected chi connectivity index (χ4v) is 3.10. The Hall–Kier alpha value is -3.09. The molecule has 7 nitrogen and oxygen atoms in total. The minimum atomic E-state index is -0.0853. The maximum absolute atomic E-state index is 12.9. The van der Waals surface area contributed by atoms with Crippen molar-refractivity contribution in [2.75, 3.05) is 6.54 Å². The summed E-state index contributed by atoms with van der Waals surface area (Å²) in [6.45, 7) is 2.56. The van der Waals surface area contributed by atoms with Gasteiger partial charge in [-0.3, -0.25) is 9.78 Å². The number of amides is 1. The van der Waals surface area contributed by atoms with Gasteiger partial charge in [0.1, 0.15) is 0 Å². The van der Waals surface area contributed by atoms with Crippen LogP contribution in [0.2, 0.25) is 0 Å². The number of aromatic nitrogens is 4. The van der Waals surface area contributed by atoms with Gasteiger partial charge < -0.3 is 9.42 Å². The van der Waals surface area contributed by atoms with Crippen LogP contribution in [0.1, 0.15) is 40.7 Å². The Morgan fingerprint density at radius 3 is 2.68 bits per heavy atom. The van der Waals surface area contributed by atoms with E-state index in [1.807, 2.05) is 30.0 Å². The second-order valence-electron chi connectivity index (χ2n) is 6.06. The molecule has 0 spiro atoms. The molecule has 1 fully saturated rings. The molecule has 1 amide bonds. The number of pyridine rings is 1. The van der Waals surface area contributed by atoms with E-state index in [2.05, 4.69) is 20.1 Å². The van der Waals surface area contributed by atoms with Gasteiger partial charge in [-0.25, -0.2) is 9.97 Å². The van der Waals surface area contributed by atoms with Crippen LogP contribution in [0.15, 0.2) is 47.5 Å². The van der Waals surface area contributed by atoms with Crippen LogP contribution < -0.4 is 0 Å². The van der Waals surface area contributed by atoms with Crippen molar-refractivity contribution < 1.29 is 9.32 Å². The number of aryl methyl sites for hydroxylation is 1. The molecule has 4 heterocycles. The number of likely N-dealkylation sites (tertiary alicyclic amines) is 1. The number of carbonyl (C=O) groups is 1. The summed E-state index contributed by atoms with van der Waals surface area (Å²) in [7, 11) is 0. The molecule has 0 radical (unpaired) electrons. The topological polar surface area (TPSA) is 85.0 Å². The number of hydrogen-bond acceptors (Lipinski definition) is 6. The van der Waals surface area contributed by atoms with Gasteiger partial charge in [-0.2, -0.15) is 0 Å². The summed E-state index contributed by atoms with van der Waals surface area (Å²) in [6, 6.07) is 5.48. The summed E-state index contributed by atoms with van der Waals surface area (Å²) in [4.78, 5) is 27.3. The molecule has 3 aromatic rings. The van der Waals surface area contributed by atoms with E-state index >= 15 is 0 Å². The molecular weight excluding hydrogens is 318 g/mol. The molecule has 0 unspecified atom stereocenters. The van der Waals surface area contributed by atoms with Crippen molar-refractivity contribution in [1.82, 2.24) is 25.0 Å². The SMILES string of the molecule is Cc1cc([C@@H]2CCCN2C(=O)c2cnc(-c3ccncc3)nc2)on1. The molecular formula is C18H17N5O2. The lowest BCUT2D eigenvalue weighted by atomic mass is 10.1. The Bertz CT molecular complexity index is 876. The highest BCUT2D eigenvalue weighted by molar-refractivity contribution is 5.94. The molecule has 1 saturated heterocycles. The molecule has 0 N–H and O–H groups in total. The van der Waals surface area contributed by atoms with Crippen molar-refractivity contribution in [1.29, 1.82) is 0 Å². The van der Waals surface area contributed by atoms with Gasteiger partial charge in [-0.1, -0.05) is 5.16 Å². The number of hydrogen-bond donors (Lipinski definition) is 0. The lowest BCUT2D eigenvalue weighted by Gasteiger charge is -2.22. The Morgan fingerprint density at radius 2 is 2.00 bits per heavy atom. The molecule has 25 heavy (non-hydrogen) atoms. The minimum absolute atomic E-state index is 0.0754. The maximum Gasteiger partial charge on any atom is 0.257 e. The average Bonchev–Trinajstić information content (AvgIpc) is 3.31. The monoisotopic (exact) mass is 335 g/mol. The Kier molecular flexibility index (Phi) is 3.97. The molecule has 0 saturated carbocycles. The van der Waals surface area contributed by atoms with Crippen molar-refractivity contribution in [3.05, 3.63) is 60.0 Å². The molecule has 1 aliphatic heterocycles. The molecule has 0 aliphatic carbocycles. The Balaban J connectivity index is 1.56. The van der Waals surface area contributed by atoms with E-state index in [0.717, 1.165) is 29.9 Å². The molecule has 126 valence electrons. The highest BCUT2D eigenvalue weighted by atomic mass is 16.5. The smallest absolute Gasteiger partial charge is 0.257 e. The molecule has 7 heteroatoms. The van der Waals surface area contributed by atoms with Crippen LogP contribution in [0.5, 0.6) is 0 Å². The average molecular weight is 335 g/mol. The lowest BCUT2D eigenvalue weighted by molar-refractivity contribution is 0.0713. The summed E-state index contributed by atoms with van der Waals surface area (Å²) >= 11 is 0. The highest BCUT2D eigenvalue weighted by Gasteiger charge is 2.33. The summed E-state index contributed by atoms with van der Waals surface area (Å²) in [6.07, 6.45) is 8.33. The van der Waals surface area contributed by atoms with E-state index in [4.69, 9.17) is 4.52 Å². The van der Waals surface area contributed by atoms with E-state index in [-0.39, 0.29) is 11.9 Å². The first-order valence-electron chi connectivity index (χ1n) is 8.19. The van der Waals surface area contributed by atoms with Gasteiger partial charge in [0.05, 0.1) is 17.3 Å². The predicted molar refractivity (Wildman–Crippen MR) is 89.5 cm³/mol. The molecule has 0 aromatic carbocycles. The number of rotatable bonds is 3. The standard InChI is InChI=1S/C18H17N5O2/c1-12-9-16(25-22-12)15-3-2-8-23(15)18(24)14-10-20-17(21-11-14)13-4-6-19-7-5-13/h4-7,9-11,15H,2-3,8H2,1H3/t15-/m0/s1. The van der Waals surface area contributed by atoms with Gasteiger partial charge in [0.2, 0.25) is 0 Å². The van der Waals surface area contributed by atoms with Crippen LogP contribution in [0.4, 0.5) is 0 Å². The van der Waals surface area contributed by atoms with Crippen molar-refractivity contribution in [3.8, 4) is 11.4 Å². The third-order valence-electron chi connectivity index (χ3n) is 4.33. The summed E-state index contributed by atoms with van der Waals surface area (Å²) < 4.78 is 5.36. The van der Waals surface area contributed by atoms with Crippen LogP contribution in [0.3, 0.4) is 0 Å². The van der Waals surface area contributed by atoms with Crippen LogP contribution in [0, 0.1) is 6.92 Å². The van der Waals surface area contributed by atoms with Crippen molar-refractivity contribution in [3.63, 3.8) is 0 Å². The van der Waals surface area contributed by atoms with E-state index < -0.39 is 0 Å². The predicted octanol–water partition coefficient (Wildman–Crippen LogP) is 2.81. The number of carbonyl (C=O) groups excluding carboxylic acids is 1. The number of nitrogens with zero attached hydrogens (tertiary/aromatic N) is 5. The van der Waals surface area contributed by atoms with Gasteiger partial charge in [-0.05, 0) is 31.9 Å². The quantitative estimate of drug-likeness (QED) is 0.732. The second-order valence-corrected chi connectivity index (χ2v) is 6.06. The molecule has 1 atom stereocenters. The maximum atomic E-state index is 12.9. The van der Waals surface area contributed by atoms with Crippen molar-refractivity contribution in [2.24, 2.45) is 0 Å². The van der Waals surface area contributed by atoms with E-state index in [9.17, 15) is 4.79 Å². The van der Waals surface area contributed by atoms with E-state index in [1.54, 1.807) is 24.8 Å². The third-order valence-corrected chi connectivity index (χ3v) is 4.33. The third kappa shape index (κ3) is 3.00. The van der Waals surface area contributed by atoms with Crippen LogP contribution in [-0.4, -0.2) is 37.5 Å². The molecule has 1 aliphatic rings. The van der Waals surface area contributed by atoms with E-state index in [0.29, 0.717) is 17.9 Å². The van der Waals surface area contributed by atoms with Gasteiger partial charge >= 0.3 is 0 Å². The van der Waals surface area contributed by atoms with Gasteiger partial charge in [0.25, 0.3) is 5.91 Å². The van der Waals surface area contributed by atoms with E-state index in [1.165, 1.54) is 0 Å². The second kappa shape index (κ2) is 6.43. The minimum Gasteiger partial charge on any atom is -0.359 e. The normalized spacial score (nSPS) is 17.0. The Labute approximate surface area is 144 Å². The van der Waals surface area contributed by atoms with Crippen LogP contribution >= 0.6 is 0 Å². The van der Waals surface area contributed by atoms with Gasteiger partial charge in [0, 0.05) is 43.0 Å². The largest absolute Gasteiger partial charge is 0.359 e. The first-order valence-corrected chi connectivity index (χ1v) is 8.19. The van der Waals surface area contributed by atoms with Crippen molar-refractivity contribution in [2.45, 2.75) is 25.8 Å². The highest BCUT2D eigenvalue weighted by Crippen LogP contribution is 2.33. The first-order chi connectivity index (χ1) is 12.2. The fourth-order valence-electron chi connectivity index (χ4n) is 3.10. The van der Waals surface area contributed by atoms with Crippen LogP contribution in [0.25, 0.3) is 11.4 Å². The molecule has 3 aromatic heterocycles. The van der Waals surface area contributed by atoms with Gasteiger partial charge in [-0.15, -0.1) is 0 Å². The summed E-state index contributed by atoms with van der Waals surface area (Å²) in [5, 5.41) is 3.93. The Morgan fingerprint density at radius 1 is 1.24 bits per heavy atom.